The van der Waals surface area contributed by atoms with Gasteiger partial charge in [0.05, 0.1) is 19.3 Å². The second-order valence-electron chi connectivity index (χ2n) is 2.49. The van der Waals surface area contributed by atoms with Gasteiger partial charge in [-0.15, -0.1) is 0 Å². The number of epoxide rings is 1. The van der Waals surface area contributed by atoms with Gasteiger partial charge in [-0.2, -0.15) is 0 Å². The summed E-state index contributed by atoms with van der Waals surface area (Å²) in [5, 5.41) is 0. The second-order valence-corrected chi connectivity index (χ2v) is 2.49. The van der Waals surface area contributed by atoms with Crippen molar-refractivity contribution in [3.8, 4) is 0 Å². The lowest BCUT2D eigenvalue weighted by atomic mass is 10.5. The summed E-state index contributed by atoms with van der Waals surface area (Å²) in [6.07, 6.45) is 3.59. The van der Waals surface area contributed by atoms with Gasteiger partial charge >= 0.3 is 0 Å². The molecule has 2 rings (SSSR count). The Hall–Kier alpha value is -0.0800. The molecule has 46 valence electrons. The standard InChI is InChI=1S/C6H10O2/c1-2-5(1)7-3-6-4-8-6/h5-6H,1-4H2. The summed E-state index contributed by atoms with van der Waals surface area (Å²) in [7, 11) is 0. The minimum absolute atomic E-state index is 0.454. The SMILES string of the molecule is C1CC1OCC1CO1. The second kappa shape index (κ2) is 1.71. The molecule has 0 bridgehead atoms. The van der Waals surface area contributed by atoms with E-state index >= 15 is 0 Å². The van der Waals surface area contributed by atoms with E-state index in [1.165, 1.54) is 12.8 Å². The van der Waals surface area contributed by atoms with E-state index < -0.39 is 0 Å². The van der Waals surface area contributed by atoms with Crippen LogP contribution in [0.3, 0.4) is 0 Å². The Morgan fingerprint density at radius 3 is 2.75 bits per heavy atom. The van der Waals surface area contributed by atoms with E-state index in [9.17, 15) is 0 Å². The first kappa shape index (κ1) is 4.77. The quantitative estimate of drug-likeness (QED) is 0.500. The monoisotopic (exact) mass is 114 g/mol. The van der Waals surface area contributed by atoms with Gasteiger partial charge in [0, 0.05) is 0 Å². The number of hydrogen-bond acceptors (Lipinski definition) is 2. The smallest absolute Gasteiger partial charge is 0.104 e. The molecule has 0 N–H and O–H groups in total. The molecule has 0 aromatic heterocycles. The molecule has 0 radical (unpaired) electrons. The molecule has 1 aliphatic heterocycles. The van der Waals surface area contributed by atoms with Crippen LogP contribution in [0.5, 0.6) is 0 Å². The molecule has 0 aromatic carbocycles. The Morgan fingerprint density at radius 1 is 1.50 bits per heavy atom. The van der Waals surface area contributed by atoms with Gasteiger partial charge in [-0.25, -0.2) is 0 Å². The maximum atomic E-state index is 5.35. The van der Waals surface area contributed by atoms with Crippen LogP contribution in [-0.4, -0.2) is 25.4 Å². The van der Waals surface area contributed by atoms with Crippen LogP contribution in [0.15, 0.2) is 0 Å². The van der Waals surface area contributed by atoms with Crippen LogP contribution in [-0.2, 0) is 9.47 Å². The molecule has 1 unspecified atom stereocenters. The van der Waals surface area contributed by atoms with Crippen molar-refractivity contribution in [2.45, 2.75) is 25.0 Å². The van der Waals surface area contributed by atoms with E-state index in [-0.39, 0.29) is 0 Å². The van der Waals surface area contributed by atoms with Crippen LogP contribution in [0.25, 0.3) is 0 Å². The van der Waals surface area contributed by atoms with E-state index in [2.05, 4.69) is 0 Å². The van der Waals surface area contributed by atoms with Gasteiger partial charge in [0.2, 0.25) is 0 Å². The Morgan fingerprint density at radius 2 is 2.25 bits per heavy atom. The highest BCUT2D eigenvalue weighted by Gasteiger charge is 2.28. The zero-order chi connectivity index (χ0) is 5.40. The van der Waals surface area contributed by atoms with E-state index in [1.54, 1.807) is 0 Å². The average Bonchev–Trinajstić information content (AvgIpc) is 2.60. The van der Waals surface area contributed by atoms with Crippen molar-refractivity contribution in [2.24, 2.45) is 0 Å². The fourth-order valence-corrected chi connectivity index (χ4v) is 0.642. The van der Waals surface area contributed by atoms with Crippen molar-refractivity contribution in [2.75, 3.05) is 13.2 Å². The first-order chi connectivity index (χ1) is 3.95. The van der Waals surface area contributed by atoms with Crippen LogP contribution in [0.1, 0.15) is 12.8 Å². The molecule has 1 saturated carbocycles. The van der Waals surface area contributed by atoms with Crippen molar-refractivity contribution in [3.05, 3.63) is 0 Å². The fourth-order valence-electron chi connectivity index (χ4n) is 0.642. The molecule has 1 saturated heterocycles. The van der Waals surface area contributed by atoms with Crippen molar-refractivity contribution < 1.29 is 9.47 Å². The lowest BCUT2D eigenvalue weighted by molar-refractivity contribution is 0.103. The van der Waals surface area contributed by atoms with E-state index in [0.29, 0.717) is 12.2 Å². The molecule has 0 amide bonds. The maximum Gasteiger partial charge on any atom is 0.104 e. The summed E-state index contributed by atoms with van der Waals surface area (Å²) in [5.41, 5.74) is 0. The molecular weight excluding hydrogens is 104 g/mol. The predicted molar refractivity (Wildman–Crippen MR) is 28.7 cm³/mol. The number of ether oxygens (including phenoxy) is 2. The van der Waals surface area contributed by atoms with Crippen molar-refractivity contribution >= 4 is 0 Å². The van der Waals surface area contributed by atoms with E-state index in [4.69, 9.17) is 9.47 Å². The normalized spacial score (nSPS) is 35.2. The highest BCUT2D eigenvalue weighted by Crippen LogP contribution is 2.24. The molecule has 8 heavy (non-hydrogen) atoms. The van der Waals surface area contributed by atoms with Gasteiger partial charge < -0.3 is 9.47 Å². The Bertz CT molecular complexity index is 72.5. The lowest BCUT2D eigenvalue weighted by Crippen LogP contribution is -2.01. The third-order valence-corrected chi connectivity index (χ3v) is 1.44. The Kier molecular flexibility index (Phi) is 1.02. The van der Waals surface area contributed by atoms with Crippen molar-refractivity contribution in [1.82, 2.24) is 0 Å². The van der Waals surface area contributed by atoms with Gasteiger partial charge in [-0.1, -0.05) is 0 Å². The first-order valence-electron chi connectivity index (χ1n) is 3.18. The maximum absolute atomic E-state index is 5.35. The van der Waals surface area contributed by atoms with Crippen LogP contribution in [0, 0.1) is 0 Å². The number of hydrogen-bond donors (Lipinski definition) is 0. The summed E-state index contributed by atoms with van der Waals surface area (Å²) in [6, 6.07) is 0. The van der Waals surface area contributed by atoms with Crippen LogP contribution in [0.2, 0.25) is 0 Å². The van der Waals surface area contributed by atoms with Gasteiger partial charge in [0.1, 0.15) is 6.10 Å². The van der Waals surface area contributed by atoms with Crippen molar-refractivity contribution in [3.63, 3.8) is 0 Å². The average molecular weight is 114 g/mol. The zero-order valence-corrected chi connectivity index (χ0v) is 4.80. The van der Waals surface area contributed by atoms with Gasteiger partial charge in [-0.05, 0) is 12.8 Å². The molecule has 0 aromatic rings. The summed E-state index contributed by atoms with van der Waals surface area (Å²) in [5.74, 6) is 0. The Labute approximate surface area is 48.8 Å². The topological polar surface area (TPSA) is 21.8 Å². The van der Waals surface area contributed by atoms with E-state index in [0.717, 1.165) is 13.2 Å². The lowest BCUT2D eigenvalue weighted by Gasteiger charge is -1.94. The third-order valence-electron chi connectivity index (χ3n) is 1.44. The molecule has 2 heteroatoms. The molecule has 1 aliphatic carbocycles. The minimum Gasteiger partial charge on any atom is -0.375 e. The third kappa shape index (κ3) is 1.20. The zero-order valence-electron chi connectivity index (χ0n) is 4.80. The van der Waals surface area contributed by atoms with Crippen LogP contribution in [0.4, 0.5) is 0 Å². The molecule has 0 spiro atoms. The summed E-state index contributed by atoms with van der Waals surface area (Å²) in [4.78, 5) is 0. The summed E-state index contributed by atoms with van der Waals surface area (Å²) >= 11 is 0. The molecule has 2 nitrogen and oxygen atoms in total. The Balaban J connectivity index is 1.56. The van der Waals surface area contributed by atoms with Crippen molar-refractivity contribution in [1.29, 1.82) is 0 Å². The number of rotatable bonds is 3. The highest BCUT2D eigenvalue weighted by molar-refractivity contribution is 4.76. The highest BCUT2D eigenvalue weighted by atomic mass is 16.6. The van der Waals surface area contributed by atoms with Crippen LogP contribution >= 0.6 is 0 Å². The van der Waals surface area contributed by atoms with Gasteiger partial charge in [-0.3, -0.25) is 0 Å². The van der Waals surface area contributed by atoms with E-state index in [1.807, 2.05) is 0 Å². The predicted octanol–water partition coefficient (Wildman–Crippen LogP) is 0.564. The molecule has 1 heterocycles. The minimum atomic E-state index is 0.454. The summed E-state index contributed by atoms with van der Waals surface area (Å²) < 4.78 is 10.3. The molecule has 1 atom stereocenters. The first-order valence-corrected chi connectivity index (χ1v) is 3.18. The van der Waals surface area contributed by atoms with Gasteiger partial charge in [0.25, 0.3) is 0 Å². The molecule has 2 aliphatic rings. The molecule has 2 fully saturated rings. The summed E-state index contributed by atoms with van der Waals surface area (Å²) in [6.45, 7) is 1.76. The fraction of sp³-hybridized carbons (Fsp3) is 1.00. The van der Waals surface area contributed by atoms with Gasteiger partial charge in [0.15, 0.2) is 0 Å². The molecular formula is C6H10O2. The largest absolute Gasteiger partial charge is 0.375 e. The van der Waals surface area contributed by atoms with Crippen LogP contribution < -0.4 is 0 Å².